The number of carbonyl (C=O) groups is 2. The highest BCUT2D eigenvalue weighted by Crippen LogP contribution is 2.29. The van der Waals surface area contributed by atoms with E-state index < -0.39 is 11.2 Å². The van der Waals surface area contributed by atoms with Crippen LogP contribution in [-0.2, 0) is 11.3 Å². The number of nitrogens with zero attached hydrogens (tertiary/aromatic N) is 1. The van der Waals surface area contributed by atoms with Crippen LogP contribution in [0, 0.1) is 0 Å². The molecule has 1 aromatic carbocycles. The molecule has 1 N–H and O–H groups in total. The molecule has 1 atom stereocenters. The second-order valence-corrected chi connectivity index (χ2v) is 7.59. The number of benzene rings is 1. The normalized spacial score (nSPS) is 11.7. The van der Waals surface area contributed by atoms with E-state index in [1.165, 1.54) is 11.8 Å². The number of hydrogen-bond acceptors (Lipinski definition) is 6. The van der Waals surface area contributed by atoms with Gasteiger partial charge in [0.15, 0.2) is 0 Å². The molecule has 0 saturated heterocycles. The molecule has 0 fully saturated rings. The lowest BCUT2D eigenvalue weighted by atomic mass is 10.3. The molecular formula is C21H19ClN2O4S. The van der Waals surface area contributed by atoms with Gasteiger partial charge in [0.25, 0.3) is 0 Å². The van der Waals surface area contributed by atoms with Crippen molar-refractivity contribution in [3.63, 3.8) is 0 Å². The van der Waals surface area contributed by atoms with Crippen molar-refractivity contribution in [2.45, 2.75) is 30.2 Å². The monoisotopic (exact) mass is 430 g/mol. The van der Waals surface area contributed by atoms with Crippen molar-refractivity contribution in [2.75, 3.05) is 0 Å². The molecule has 3 rings (SSSR count). The minimum Gasteiger partial charge on any atom is -0.467 e. The Morgan fingerprint density at radius 1 is 1.21 bits per heavy atom. The fraction of sp³-hybridized carbons (Fsp3) is 0.190. The maximum Gasteiger partial charge on any atom is 0.346 e. The second-order valence-electron chi connectivity index (χ2n) is 5.99. The molecule has 0 aliphatic rings. The van der Waals surface area contributed by atoms with Crippen LogP contribution in [0.2, 0.25) is 5.02 Å². The highest BCUT2D eigenvalue weighted by Gasteiger charge is 2.23. The van der Waals surface area contributed by atoms with Crippen molar-refractivity contribution in [3.05, 3.63) is 77.3 Å². The van der Waals surface area contributed by atoms with Crippen LogP contribution >= 0.6 is 23.4 Å². The molecule has 1 amide bonds. The predicted molar refractivity (Wildman–Crippen MR) is 111 cm³/mol. The molecule has 6 nitrogen and oxygen atoms in total. The number of pyridine rings is 1. The molecule has 0 spiro atoms. The lowest BCUT2D eigenvalue weighted by molar-refractivity contribution is -0.120. The number of hydrogen-bond donors (Lipinski definition) is 1. The first-order valence-electron chi connectivity index (χ1n) is 8.97. The van der Waals surface area contributed by atoms with Crippen molar-refractivity contribution in [1.29, 1.82) is 0 Å². The molecule has 0 bridgehead atoms. The van der Waals surface area contributed by atoms with E-state index in [0.717, 1.165) is 0 Å². The van der Waals surface area contributed by atoms with Crippen LogP contribution in [0.25, 0.3) is 0 Å². The van der Waals surface area contributed by atoms with E-state index in [1.54, 1.807) is 61.0 Å². The number of furan rings is 1. The molecule has 8 heteroatoms. The molecule has 0 aliphatic heterocycles. The standard InChI is InChI=1S/C21H19ClN2O4S/c1-2-18(19(25)24-13-14-7-6-12-27-14)29-20-15(8-5-11-23-20)21(26)28-17-10-4-3-9-16(17)22/h3-12,18H,2,13H2,1H3,(H,24,25). The number of rotatable bonds is 8. The summed E-state index contributed by atoms with van der Waals surface area (Å²) in [5.41, 5.74) is 0.273. The maximum absolute atomic E-state index is 12.7. The summed E-state index contributed by atoms with van der Waals surface area (Å²) in [4.78, 5) is 29.5. The van der Waals surface area contributed by atoms with Crippen LogP contribution < -0.4 is 10.1 Å². The first-order valence-corrected chi connectivity index (χ1v) is 10.2. The molecule has 3 aromatic rings. The van der Waals surface area contributed by atoms with Crippen LogP contribution in [0.5, 0.6) is 5.75 Å². The molecule has 0 saturated carbocycles. The number of carbonyl (C=O) groups excluding carboxylic acids is 2. The van der Waals surface area contributed by atoms with Gasteiger partial charge in [0.05, 0.1) is 28.6 Å². The van der Waals surface area contributed by atoms with Crippen LogP contribution in [-0.4, -0.2) is 22.1 Å². The van der Waals surface area contributed by atoms with E-state index in [0.29, 0.717) is 28.8 Å². The zero-order chi connectivity index (χ0) is 20.6. The summed E-state index contributed by atoms with van der Waals surface area (Å²) in [6, 6.07) is 13.5. The summed E-state index contributed by atoms with van der Waals surface area (Å²) in [5, 5.41) is 3.17. The van der Waals surface area contributed by atoms with Gasteiger partial charge in [-0.2, -0.15) is 0 Å². The first-order chi connectivity index (χ1) is 14.1. The molecule has 150 valence electrons. The van der Waals surface area contributed by atoms with Gasteiger partial charge in [-0.25, -0.2) is 9.78 Å². The molecule has 2 heterocycles. The van der Waals surface area contributed by atoms with Gasteiger partial charge in [0, 0.05) is 6.20 Å². The van der Waals surface area contributed by atoms with Crippen molar-refractivity contribution in [1.82, 2.24) is 10.3 Å². The predicted octanol–water partition coefficient (Wildman–Crippen LogP) is 4.73. The third-order valence-corrected chi connectivity index (χ3v) is 5.66. The topological polar surface area (TPSA) is 81.4 Å². The smallest absolute Gasteiger partial charge is 0.346 e. The highest BCUT2D eigenvalue weighted by molar-refractivity contribution is 8.00. The van der Waals surface area contributed by atoms with Crippen molar-refractivity contribution >= 4 is 35.2 Å². The van der Waals surface area contributed by atoms with E-state index in [4.69, 9.17) is 20.8 Å². The summed E-state index contributed by atoms with van der Waals surface area (Å²) in [7, 11) is 0. The Morgan fingerprint density at radius 3 is 2.76 bits per heavy atom. The van der Waals surface area contributed by atoms with Crippen LogP contribution in [0.3, 0.4) is 0 Å². The number of amides is 1. The fourth-order valence-corrected chi connectivity index (χ4v) is 3.68. The summed E-state index contributed by atoms with van der Waals surface area (Å²) < 4.78 is 10.6. The number of para-hydroxylation sites is 1. The van der Waals surface area contributed by atoms with Crippen molar-refractivity contribution in [2.24, 2.45) is 0 Å². The third kappa shape index (κ3) is 5.62. The average Bonchev–Trinajstić information content (AvgIpc) is 3.26. The van der Waals surface area contributed by atoms with E-state index in [2.05, 4.69) is 10.3 Å². The highest BCUT2D eigenvalue weighted by atomic mass is 35.5. The van der Waals surface area contributed by atoms with Crippen LogP contribution in [0.1, 0.15) is 29.5 Å². The Kier molecular flexibility index (Phi) is 7.32. The number of aromatic nitrogens is 1. The lowest BCUT2D eigenvalue weighted by Crippen LogP contribution is -2.32. The maximum atomic E-state index is 12.7. The van der Waals surface area contributed by atoms with Gasteiger partial charge in [-0.3, -0.25) is 4.79 Å². The SMILES string of the molecule is CCC(Sc1ncccc1C(=O)Oc1ccccc1Cl)C(=O)NCc1ccco1. The molecule has 0 aliphatic carbocycles. The molecule has 0 radical (unpaired) electrons. The van der Waals surface area contributed by atoms with Gasteiger partial charge in [0.2, 0.25) is 5.91 Å². The third-order valence-electron chi connectivity index (χ3n) is 3.96. The zero-order valence-electron chi connectivity index (χ0n) is 15.6. The number of halogens is 1. The quantitative estimate of drug-likeness (QED) is 0.316. The lowest BCUT2D eigenvalue weighted by Gasteiger charge is -2.15. The van der Waals surface area contributed by atoms with E-state index in [1.807, 2.05) is 6.92 Å². The number of ether oxygens (including phenoxy) is 1. The molecular weight excluding hydrogens is 412 g/mol. The van der Waals surface area contributed by atoms with Crippen LogP contribution in [0.4, 0.5) is 0 Å². The van der Waals surface area contributed by atoms with Gasteiger partial charge in [0.1, 0.15) is 16.5 Å². The Balaban J connectivity index is 1.70. The Hall–Kier alpha value is -2.77. The number of esters is 1. The van der Waals surface area contributed by atoms with Gasteiger partial charge < -0.3 is 14.5 Å². The summed E-state index contributed by atoms with van der Waals surface area (Å²) in [5.74, 6) is 0.187. The average molecular weight is 431 g/mol. The molecule has 1 unspecified atom stereocenters. The fourth-order valence-electron chi connectivity index (χ4n) is 2.48. The second kappa shape index (κ2) is 10.1. The molecule has 29 heavy (non-hydrogen) atoms. The summed E-state index contributed by atoms with van der Waals surface area (Å²) in [6.07, 6.45) is 3.69. The summed E-state index contributed by atoms with van der Waals surface area (Å²) in [6.45, 7) is 2.20. The first kappa shape index (κ1) is 21.0. The van der Waals surface area contributed by atoms with Gasteiger partial charge in [-0.05, 0) is 42.8 Å². The van der Waals surface area contributed by atoms with E-state index in [-0.39, 0.29) is 17.2 Å². The Bertz CT molecular complexity index is 978. The molecule has 2 aromatic heterocycles. The number of nitrogens with one attached hydrogen (secondary N) is 1. The zero-order valence-corrected chi connectivity index (χ0v) is 17.2. The van der Waals surface area contributed by atoms with Gasteiger partial charge in [-0.1, -0.05) is 42.4 Å². The number of thioether (sulfide) groups is 1. The largest absolute Gasteiger partial charge is 0.467 e. The Labute approximate surface area is 177 Å². The minimum atomic E-state index is -0.584. The summed E-state index contributed by atoms with van der Waals surface area (Å²) >= 11 is 7.28. The minimum absolute atomic E-state index is 0.162. The van der Waals surface area contributed by atoms with E-state index >= 15 is 0 Å². The van der Waals surface area contributed by atoms with Crippen LogP contribution in [0.15, 0.2) is 70.4 Å². The Morgan fingerprint density at radius 2 is 2.03 bits per heavy atom. The van der Waals surface area contributed by atoms with Gasteiger partial charge in [-0.15, -0.1) is 0 Å². The van der Waals surface area contributed by atoms with E-state index in [9.17, 15) is 9.59 Å². The van der Waals surface area contributed by atoms with Crippen molar-refractivity contribution in [3.8, 4) is 5.75 Å². The van der Waals surface area contributed by atoms with Crippen molar-refractivity contribution < 1.29 is 18.7 Å². The van der Waals surface area contributed by atoms with Gasteiger partial charge >= 0.3 is 5.97 Å².